The molecule has 11 nitrogen and oxygen atoms in total. The van der Waals surface area contributed by atoms with Crippen LogP contribution in [0.25, 0.3) is 11.1 Å². The maximum atomic E-state index is 13.5. The molecule has 2 aliphatic heterocycles. The van der Waals surface area contributed by atoms with E-state index in [-0.39, 0.29) is 34.2 Å². The second kappa shape index (κ2) is 14.2. The standard InChI is InChI=1S/C28H27F4N5O4.C4H6O2/c1-33-11-15-7-21(25(39)36(2)12-15)24(38)35-23-9-17(8-22(34-23)16-3-4-16)19-6-5-18(41-27(29)30)10-20(19)26(40)37-13-28(31,32)14-37;1-2-6-4-3-5-1/h5-10,12,16,27,33H,3-4,11,13-14H2,1-2H3,(H,34,35,38);1-2H,3-4H2. The fourth-order valence-electron chi connectivity index (χ4n) is 5.05. The summed E-state index contributed by atoms with van der Waals surface area (Å²) in [5.41, 5.74) is 1.30. The van der Waals surface area contributed by atoms with Crippen LogP contribution in [0.5, 0.6) is 5.75 Å². The third kappa shape index (κ3) is 8.47. The number of carbonyl (C=O) groups excluding carboxylic acids is 2. The number of pyridine rings is 2. The zero-order valence-electron chi connectivity index (χ0n) is 25.6. The van der Waals surface area contributed by atoms with Gasteiger partial charge in [0.1, 0.15) is 42.9 Å². The summed E-state index contributed by atoms with van der Waals surface area (Å²) in [5.74, 6) is -4.58. The fraction of sp³-hybridized carbons (Fsp3) is 0.375. The summed E-state index contributed by atoms with van der Waals surface area (Å²) in [7, 11) is 3.27. The molecule has 2 amide bonds. The fourth-order valence-corrected chi connectivity index (χ4v) is 5.05. The summed E-state index contributed by atoms with van der Waals surface area (Å²) < 4.78 is 68.2. The van der Waals surface area contributed by atoms with E-state index in [1.54, 1.807) is 31.8 Å². The molecule has 47 heavy (non-hydrogen) atoms. The number of rotatable bonds is 9. The average molecular weight is 660 g/mol. The van der Waals surface area contributed by atoms with E-state index in [4.69, 9.17) is 9.47 Å². The second-order valence-electron chi connectivity index (χ2n) is 11.2. The Balaban J connectivity index is 0.000000650. The van der Waals surface area contributed by atoms with Crippen molar-refractivity contribution in [3.05, 3.63) is 87.9 Å². The third-order valence-corrected chi connectivity index (χ3v) is 7.40. The van der Waals surface area contributed by atoms with Crippen LogP contribution in [0.15, 0.2) is 59.9 Å². The minimum atomic E-state index is -3.15. The molecule has 250 valence electrons. The monoisotopic (exact) mass is 659 g/mol. The van der Waals surface area contributed by atoms with E-state index in [1.807, 2.05) is 0 Å². The number of aryl methyl sites for hydroxylation is 1. The molecule has 0 radical (unpaired) electrons. The van der Waals surface area contributed by atoms with Gasteiger partial charge in [0.25, 0.3) is 23.3 Å². The molecule has 2 fully saturated rings. The van der Waals surface area contributed by atoms with Crippen molar-refractivity contribution >= 4 is 17.6 Å². The molecule has 0 bridgehead atoms. The van der Waals surface area contributed by atoms with E-state index in [0.717, 1.165) is 23.8 Å². The quantitative estimate of drug-likeness (QED) is 0.322. The van der Waals surface area contributed by atoms with E-state index in [0.29, 0.717) is 36.6 Å². The number of nitrogens with one attached hydrogen (secondary N) is 2. The van der Waals surface area contributed by atoms with Crippen LogP contribution in [-0.4, -0.2) is 72.2 Å². The van der Waals surface area contributed by atoms with Crippen LogP contribution in [0.2, 0.25) is 0 Å². The van der Waals surface area contributed by atoms with Crippen LogP contribution in [0, 0.1) is 0 Å². The summed E-state index contributed by atoms with van der Waals surface area (Å²) >= 11 is 0. The van der Waals surface area contributed by atoms with Crippen LogP contribution < -0.4 is 20.9 Å². The molecule has 0 unspecified atom stereocenters. The Morgan fingerprint density at radius 2 is 1.77 bits per heavy atom. The van der Waals surface area contributed by atoms with E-state index in [1.165, 1.54) is 35.9 Å². The van der Waals surface area contributed by atoms with Crippen molar-refractivity contribution in [3.8, 4) is 16.9 Å². The molecule has 4 heterocycles. The Morgan fingerprint density at radius 3 is 2.34 bits per heavy atom. The predicted octanol–water partition coefficient (Wildman–Crippen LogP) is 4.49. The van der Waals surface area contributed by atoms with Gasteiger partial charge in [0.2, 0.25) is 0 Å². The molecule has 0 spiro atoms. The molecule has 1 saturated carbocycles. The normalized spacial score (nSPS) is 16.3. The Labute approximate surface area is 267 Å². The molecule has 1 saturated heterocycles. The van der Waals surface area contributed by atoms with Crippen molar-refractivity contribution in [2.45, 2.75) is 37.8 Å². The highest BCUT2D eigenvalue weighted by atomic mass is 19.3. The SMILES string of the molecule is C1=COCCO1.CNCc1cc(C(=O)Nc2cc(-c3ccc(OC(F)F)cc3C(=O)N3CC(F)(F)C3)cc(C3CC3)n2)c(=O)n(C)c1. The summed E-state index contributed by atoms with van der Waals surface area (Å²) in [4.78, 5) is 44.6. The number of benzene rings is 1. The average Bonchev–Trinajstić information content (AvgIpc) is 3.88. The van der Waals surface area contributed by atoms with Gasteiger partial charge in [0.15, 0.2) is 0 Å². The van der Waals surface area contributed by atoms with E-state index in [2.05, 4.69) is 20.4 Å². The number of aromatic nitrogens is 2. The molecule has 2 N–H and O–H groups in total. The highest BCUT2D eigenvalue weighted by Gasteiger charge is 2.46. The minimum Gasteiger partial charge on any atom is -0.494 e. The first kappa shape index (κ1) is 33.4. The van der Waals surface area contributed by atoms with Gasteiger partial charge in [-0.2, -0.15) is 8.78 Å². The van der Waals surface area contributed by atoms with Gasteiger partial charge in [-0.3, -0.25) is 14.4 Å². The Hall–Kier alpha value is -4.92. The van der Waals surface area contributed by atoms with Gasteiger partial charge in [0, 0.05) is 31.4 Å². The molecule has 1 aliphatic carbocycles. The number of nitrogens with zero attached hydrogens (tertiary/aromatic N) is 3. The van der Waals surface area contributed by atoms with Crippen LogP contribution in [-0.2, 0) is 23.1 Å². The van der Waals surface area contributed by atoms with Gasteiger partial charge in [-0.15, -0.1) is 0 Å². The first-order chi connectivity index (χ1) is 22.4. The van der Waals surface area contributed by atoms with Crippen molar-refractivity contribution in [2.75, 3.05) is 38.7 Å². The van der Waals surface area contributed by atoms with Crippen molar-refractivity contribution in [1.82, 2.24) is 19.8 Å². The number of amides is 2. The first-order valence-corrected chi connectivity index (χ1v) is 14.8. The van der Waals surface area contributed by atoms with Gasteiger partial charge in [-0.1, -0.05) is 0 Å². The smallest absolute Gasteiger partial charge is 0.387 e. The van der Waals surface area contributed by atoms with Gasteiger partial charge >= 0.3 is 6.61 Å². The predicted molar refractivity (Wildman–Crippen MR) is 163 cm³/mol. The zero-order valence-corrected chi connectivity index (χ0v) is 25.6. The second-order valence-corrected chi connectivity index (χ2v) is 11.2. The zero-order chi connectivity index (χ0) is 33.7. The Kier molecular flexibility index (Phi) is 10.1. The van der Waals surface area contributed by atoms with Gasteiger partial charge < -0.3 is 34.3 Å². The molecule has 3 aliphatic rings. The highest BCUT2D eigenvalue weighted by molar-refractivity contribution is 6.05. The van der Waals surface area contributed by atoms with E-state index >= 15 is 0 Å². The Morgan fingerprint density at radius 1 is 1.06 bits per heavy atom. The highest BCUT2D eigenvalue weighted by Crippen LogP contribution is 2.42. The summed E-state index contributed by atoms with van der Waals surface area (Å²) in [6.45, 7) is -2.93. The summed E-state index contributed by atoms with van der Waals surface area (Å²) in [6, 6.07) is 8.40. The summed E-state index contributed by atoms with van der Waals surface area (Å²) in [5, 5.41) is 5.63. The maximum Gasteiger partial charge on any atom is 0.387 e. The Bertz CT molecular complexity index is 1710. The van der Waals surface area contributed by atoms with Crippen LogP contribution >= 0.6 is 0 Å². The lowest BCUT2D eigenvalue weighted by Crippen LogP contribution is -2.58. The van der Waals surface area contributed by atoms with Crippen molar-refractivity contribution in [3.63, 3.8) is 0 Å². The molecule has 6 rings (SSSR count). The first-order valence-electron chi connectivity index (χ1n) is 14.8. The van der Waals surface area contributed by atoms with Gasteiger partial charge in [-0.25, -0.2) is 13.8 Å². The number of hydrogen-bond acceptors (Lipinski definition) is 8. The molecule has 0 atom stereocenters. The van der Waals surface area contributed by atoms with E-state index in [9.17, 15) is 31.9 Å². The largest absolute Gasteiger partial charge is 0.494 e. The van der Waals surface area contributed by atoms with Crippen LogP contribution in [0.4, 0.5) is 23.4 Å². The lowest BCUT2D eigenvalue weighted by Gasteiger charge is -2.39. The topological polar surface area (TPSA) is 124 Å². The number of ether oxygens (including phenoxy) is 3. The number of carbonyl (C=O) groups is 2. The number of alkyl halides is 4. The number of halogens is 4. The van der Waals surface area contributed by atoms with Crippen molar-refractivity contribution in [1.29, 1.82) is 0 Å². The van der Waals surface area contributed by atoms with Gasteiger partial charge in [-0.05, 0) is 73.0 Å². The van der Waals surface area contributed by atoms with E-state index < -0.39 is 43.0 Å². The number of hydrogen-bond donors (Lipinski definition) is 2. The van der Waals surface area contributed by atoms with Crippen LogP contribution in [0.3, 0.4) is 0 Å². The number of anilines is 1. The molecule has 1 aromatic carbocycles. The van der Waals surface area contributed by atoms with Crippen molar-refractivity contribution in [2.24, 2.45) is 7.05 Å². The minimum absolute atomic E-state index is 0.0940. The van der Waals surface area contributed by atoms with Crippen molar-refractivity contribution < 1.29 is 41.4 Å². The maximum absolute atomic E-state index is 13.5. The molecule has 3 aromatic rings. The molecular weight excluding hydrogens is 626 g/mol. The summed E-state index contributed by atoms with van der Waals surface area (Å²) in [6.07, 6.45) is 6.42. The lowest BCUT2D eigenvalue weighted by molar-refractivity contribution is -0.113. The molecule has 15 heteroatoms. The van der Waals surface area contributed by atoms with Crippen LogP contribution in [0.1, 0.15) is 50.7 Å². The molecular formula is C32H33F4N5O6. The molecule has 2 aromatic heterocycles. The number of likely N-dealkylation sites (tertiary alicyclic amines) is 1. The van der Waals surface area contributed by atoms with Gasteiger partial charge in [0.05, 0.1) is 18.7 Å². The third-order valence-electron chi connectivity index (χ3n) is 7.40. The lowest BCUT2D eigenvalue weighted by atomic mass is 9.96.